The molecule has 8 heteroatoms. The summed E-state index contributed by atoms with van der Waals surface area (Å²) in [5.74, 6) is 0.692. The van der Waals surface area contributed by atoms with Crippen LogP contribution in [0.3, 0.4) is 0 Å². The standard InChI is InChI=1S/C20H25NO5S2/c1-4-20(5-2)14-18(17-8-6-7-9-19(17)26-20)21-28(24,25)16-12-10-15(11-13-16)27(3,22)23/h6-13,18,21H,4-5,14H2,1-3H3. The highest BCUT2D eigenvalue weighted by Gasteiger charge is 2.40. The van der Waals surface area contributed by atoms with E-state index >= 15 is 0 Å². The smallest absolute Gasteiger partial charge is 0.241 e. The van der Waals surface area contributed by atoms with Crippen LogP contribution in [0.2, 0.25) is 0 Å². The zero-order valence-corrected chi connectivity index (χ0v) is 17.8. The number of para-hydroxylation sites is 1. The second-order valence-electron chi connectivity index (χ2n) is 7.15. The lowest BCUT2D eigenvalue weighted by molar-refractivity contribution is 0.0260. The second-order valence-corrected chi connectivity index (χ2v) is 10.9. The van der Waals surface area contributed by atoms with Crippen LogP contribution in [0.5, 0.6) is 5.75 Å². The third-order valence-corrected chi connectivity index (χ3v) is 7.96. The van der Waals surface area contributed by atoms with Gasteiger partial charge in [-0.3, -0.25) is 0 Å². The molecule has 1 N–H and O–H groups in total. The Kier molecular flexibility index (Phi) is 5.58. The summed E-state index contributed by atoms with van der Waals surface area (Å²) in [6, 6.07) is 12.3. The van der Waals surface area contributed by atoms with Gasteiger partial charge in [-0.15, -0.1) is 0 Å². The lowest BCUT2D eigenvalue weighted by Crippen LogP contribution is -2.44. The summed E-state index contributed by atoms with van der Waals surface area (Å²) in [6.07, 6.45) is 3.14. The molecular formula is C20H25NO5S2. The van der Waals surface area contributed by atoms with Gasteiger partial charge in [0.1, 0.15) is 11.4 Å². The molecule has 152 valence electrons. The van der Waals surface area contributed by atoms with Gasteiger partial charge in [-0.1, -0.05) is 32.0 Å². The number of nitrogens with one attached hydrogen (secondary N) is 1. The number of sulfonamides is 1. The van der Waals surface area contributed by atoms with Gasteiger partial charge in [-0.05, 0) is 43.2 Å². The van der Waals surface area contributed by atoms with Gasteiger partial charge >= 0.3 is 0 Å². The van der Waals surface area contributed by atoms with E-state index in [0.29, 0.717) is 12.2 Å². The van der Waals surface area contributed by atoms with E-state index in [1.165, 1.54) is 24.3 Å². The van der Waals surface area contributed by atoms with E-state index in [0.717, 1.165) is 24.7 Å². The maximum atomic E-state index is 13.0. The molecule has 28 heavy (non-hydrogen) atoms. The van der Waals surface area contributed by atoms with Crippen LogP contribution in [-0.4, -0.2) is 28.7 Å². The summed E-state index contributed by atoms with van der Waals surface area (Å²) in [6.45, 7) is 4.07. The first-order valence-electron chi connectivity index (χ1n) is 9.20. The number of rotatable bonds is 6. The zero-order valence-electron chi connectivity index (χ0n) is 16.2. The largest absolute Gasteiger partial charge is 0.487 e. The Balaban J connectivity index is 1.95. The van der Waals surface area contributed by atoms with Crippen LogP contribution in [0.4, 0.5) is 0 Å². The lowest BCUT2D eigenvalue weighted by atomic mass is 9.84. The molecule has 0 amide bonds. The molecule has 0 saturated carbocycles. The number of sulfone groups is 1. The van der Waals surface area contributed by atoms with Crippen LogP contribution in [0, 0.1) is 0 Å². The molecule has 2 aromatic carbocycles. The van der Waals surface area contributed by atoms with Crippen LogP contribution in [-0.2, 0) is 19.9 Å². The Morgan fingerprint density at radius 2 is 1.54 bits per heavy atom. The maximum absolute atomic E-state index is 13.0. The maximum Gasteiger partial charge on any atom is 0.241 e. The molecule has 0 aromatic heterocycles. The first-order valence-corrected chi connectivity index (χ1v) is 12.6. The Labute approximate surface area is 166 Å². The van der Waals surface area contributed by atoms with Gasteiger partial charge in [-0.25, -0.2) is 21.6 Å². The van der Waals surface area contributed by atoms with Crippen molar-refractivity contribution in [3.8, 4) is 5.75 Å². The highest BCUT2D eigenvalue weighted by Crippen LogP contribution is 2.43. The van der Waals surface area contributed by atoms with Crippen molar-refractivity contribution in [1.29, 1.82) is 0 Å². The van der Waals surface area contributed by atoms with Crippen molar-refractivity contribution in [1.82, 2.24) is 4.72 Å². The Morgan fingerprint density at radius 3 is 2.11 bits per heavy atom. The predicted octanol–water partition coefficient (Wildman–Crippen LogP) is 3.45. The molecule has 0 spiro atoms. The molecule has 0 radical (unpaired) electrons. The first kappa shape index (κ1) is 20.8. The number of hydrogen-bond donors (Lipinski definition) is 1. The van der Waals surface area contributed by atoms with E-state index in [4.69, 9.17) is 4.74 Å². The normalized spacial score (nSPS) is 18.9. The Morgan fingerprint density at radius 1 is 0.964 bits per heavy atom. The van der Waals surface area contributed by atoms with Crippen LogP contribution in [0.1, 0.15) is 44.7 Å². The van der Waals surface area contributed by atoms with Crippen molar-refractivity contribution in [2.75, 3.05) is 6.26 Å². The van der Waals surface area contributed by atoms with Crippen LogP contribution < -0.4 is 9.46 Å². The molecule has 1 aliphatic rings. The predicted molar refractivity (Wildman–Crippen MR) is 108 cm³/mol. The molecular weight excluding hydrogens is 398 g/mol. The zero-order chi connectivity index (χ0) is 20.6. The average Bonchev–Trinajstić information content (AvgIpc) is 2.67. The summed E-state index contributed by atoms with van der Waals surface area (Å²) in [5.41, 5.74) is 0.373. The van der Waals surface area contributed by atoms with Gasteiger partial charge in [0.25, 0.3) is 0 Å². The number of ether oxygens (including phenoxy) is 1. The second kappa shape index (κ2) is 7.50. The van der Waals surface area contributed by atoms with Crippen molar-refractivity contribution in [3.05, 3.63) is 54.1 Å². The highest BCUT2D eigenvalue weighted by atomic mass is 32.2. The van der Waals surface area contributed by atoms with Crippen molar-refractivity contribution in [3.63, 3.8) is 0 Å². The van der Waals surface area contributed by atoms with E-state index in [1.807, 2.05) is 38.1 Å². The molecule has 1 unspecified atom stereocenters. The lowest BCUT2D eigenvalue weighted by Gasteiger charge is -2.41. The molecule has 1 atom stereocenters. The third kappa shape index (κ3) is 4.09. The van der Waals surface area contributed by atoms with Crippen molar-refractivity contribution < 1.29 is 21.6 Å². The fourth-order valence-corrected chi connectivity index (χ4v) is 5.37. The van der Waals surface area contributed by atoms with Crippen molar-refractivity contribution in [2.45, 2.75) is 54.5 Å². The fourth-order valence-electron chi connectivity index (χ4n) is 3.53. The SMILES string of the molecule is CCC1(CC)CC(NS(=O)(=O)c2ccc(S(C)(=O)=O)cc2)c2ccccc2O1. The van der Waals surface area contributed by atoms with Crippen molar-refractivity contribution in [2.24, 2.45) is 0 Å². The quantitative estimate of drug-likeness (QED) is 0.769. The van der Waals surface area contributed by atoms with E-state index in [-0.39, 0.29) is 9.79 Å². The minimum atomic E-state index is -3.83. The van der Waals surface area contributed by atoms with E-state index in [1.54, 1.807) is 0 Å². The summed E-state index contributed by atoms with van der Waals surface area (Å²) in [5, 5.41) is 0. The Bertz CT molecular complexity index is 1060. The van der Waals surface area contributed by atoms with Gasteiger partial charge in [0.15, 0.2) is 9.84 Å². The van der Waals surface area contributed by atoms with Gasteiger partial charge < -0.3 is 4.74 Å². The molecule has 0 bridgehead atoms. The number of benzene rings is 2. The number of fused-ring (bicyclic) bond motifs is 1. The minimum absolute atomic E-state index is 0.0301. The highest BCUT2D eigenvalue weighted by molar-refractivity contribution is 7.90. The summed E-state index contributed by atoms with van der Waals surface area (Å²) in [4.78, 5) is 0.112. The topological polar surface area (TPSA) is 89.5 Å². The number of hydrogen-bond acceptors (Lipinski definition) is 5. The van der Waals surface area contributed by atoms with Crippen LogP contribution >= 0.6 is 0 Å². The van der Waals surface area contributed by atoms with Crippen LogP contribution in [0.15, 0.2) is 58.3 Å². The molecule has 1 heterocycles. The van der Waals surface area contributed by atoms with Gasteiger partial charge in [0.2, 0.25) is 10.0 Å². The van der Waals surface area contributed by atoms with E-state index < -0.39 is 31.5 Å². The summed E-state index contributed by atoms with van der Waals surface area (Å²) in [7, 11) is -7.22. The molecule has 2 aromatic rings. The third-order valence-electron chi connectivity index (χ3n) is 5.35. The monoisotopic (exact) mass is 423 g/mol. The summed E-state index contributed by atoms with van der Waals surface area (Å²) >= 11 is 0. The molecule has 6 nitrogen and oxygen atoms in total. The molecule has 0 saturated heterocycles. The van der Waals surface area contributed by atoms with Gasteiger partial charge in [0, 0.05) is 18.2 Å². The fraction of sp³-hybridized carbons (Fsp3) is 0.400. The Hall–Kier alpha value is -1.90. The minimum Gasteiger partial charge on any atom is -0.487 e. The molecule has 0 aliphatic carbocycles. The van der Waals surface area contributed by atoms with Gasteiger partial charge in [-0.2, -0.15) is 0 Å². The molecule has 3 rings (SSSR count). The van der Waals surface area contributed by atoms with Crippen LogP contribution in [0.25, 0.3) is 0 Å². The van der Waals surface area contributed by atoms with Gasteiger partial charge in [0.05, 0.1) is 15.8 Å². The molecule has 0 fully saturated rings. The molecule has 1 aliphatic heterocycles. The van der Waals surface area contributed by atoms with E-state index in [9.17, 15) is 16.8 Å². The average molecular weight is 424 g/mol. The van der Waals surface area contributed by atoms with E-state index in [2.05, 4.69) is 4.72 Å². The first-order chi connectivity index (χ1) is 13.1. The summed E-state index contributed by atoms with van der Waals surface area (Å²) < 4.78 is 58.1. The van der Waals surface area contributed by atoms with Crippen molar-refractivity contribution >= 4 is 19.9 Å².